The molecule has 0 amide bonds. The lowest BCUT2D eigenvalue weighted by Gasteiger charge is -2.15. The zero-order valence-corrected chi connectivity index (χ0v) is 13.4. The maximum Gasteiger partial charge on any atom is 0.131 e. The molecule has 0 bridgehead atoms. The average molecular weight is 290 g/mol. The number of rotatable bonds is 6. The van der Waals surface area contributed by atoms with Crippen LogP contribution in [0.15, 0.2) is 23.6 Å². The minimum absolute atomic E-state index is 0.369. The van der Waals surface area contributed by atoms with E-state index in [-0.39, 0.29) is 0 Å². The monoisotopic (exact) mass is 290 g/mol. The van der Waals surface area contributed by atoms with E-state index in [9.17, 15) is 0 Å². The number of hydrogen-bond donors (Lipinski definition) is 1. The van der Waals surface area contributed by atoms with Crippen LogP contribution in [-0.2, 0) is 6.61 Å². The highest BCUT2D eigenvalue weighted by Gasteiger charge is 2.07. The number of hydrogen-bond acceptors (Lipinski definition) is 4. The van der Waals surface area contributed by atoms with Gasteiger partial charge in [0.05, 0.1) is 10.7 Å². The fourth-order valence-electron chi connectivity index (χ4n) is 2.15. The van der Waals surface area contributed by atoms with Crippen molar-refractivity contribution >= 4 is 11.3 Å². The van der Waals surface area contributed by atoms with Gasteiger partial charge < -0.3 is 10.1 Å². The Labute approximate surface area is 125 Å². The minimum Gasteiger partial charge on any atom is -0.487 e. The second-order valence-electron chi connectivity index (χ2n) is 4.95. The Morgan fingerprint density at radius 2 is 2.15 bits per heavy atom. The summed E-state index contributed by atoms with van der Waals surface area (Å²) in [5.74, 6) is 0.933. The quantitative estimate of drug-likeness (QED) is 0.873. The zero-order chi connectivity index (χ0) is 14.5. The van der Waals surface area contributed by atoms with Crippen molar-refractivity contribution in [1.29, 1.82) is 0 Å². The predicted molar refractivity (Wildman–Crippen MR) is 84.5 cm³/mol. The minimum atomic E-state index is 0.369. The summed E-state index contributed by atoms with van der Waals surface area (Å²) in [5, 5.41) is 6.55. The number of ether oxygens (including phenoxy) is 1. The molecule has 0 aliphatic rings. The highest BCUT2D eigenvalue weighted by Crippen LogP contribution is 2.23. The van der Waals surface area contributed by atoms with Gasteiger partial charge in [-0.1, -0.05) is 19.1 Å². The van der Waals surface area contributed by atoms with Crippen LogP contribution in [0.1, 0.15) is 41.7 Å². The van der Waals surface area contributed by atoms with Crippen LogP contribution in [0.2, 0.25) is 0 Å². The van der Waals surface area contributed by atoms with Gasteiger partial charge in [0, 0.05) is 11.4 Å². The van der Waals surface area contributed by atoms with E-state index in [1.54, 1.807) is 11.3 Å². The lowest BCUT2D eigenvalue weighted by Crippen LogP contribution is -2.17. The number of aromatic nitrogens is 1. The summed E-state index contributed by atoms with van der Waals surface area (Å²) in [6.07, 6.45) is 0. The van der Waals surface area contributed by atoms with Crippen LogP contribution in [0.25, 0.3) is 0 Å². The van der Waals surface area contributed by atoms with Crippen LogP contribution in [0.3, 0.4) is 0 Å². The summed E-state index contributed by atoms with van der Waals surface area (Å²) in [6.45, 7) is 9.91. The SMILES string of the molecule is CCNC(C)c1ccc(OCc2csc(C)n2)c(C)c1. The van der Waals surface area contributed by atoms with Gasteiger partial charge in [0.2, 0.25) is 0 Å². The molecule has 1 atom stereocenters. The molecule has 0 saturated heterocycles. The molecule has 0 fully saturated rings. The van der Waals surface area contributed by atoms with Crippen LogP contribution in [0.5, 0.6) is 5.75 Å². The molecule has 1 aromatic carbocycles. The van der Waals surface area contributed by atoms with Crippen molar-refractivity contribution in [2.45, 2.75) is 40.3 Å². The molecule has 20 heavy (non-hydrogen) atoms. The van der Waals surface area contributed by atoms with E-state index in [1.165, 1.54) is 11.1 Å². The Morgan fingerprint density at radius 1 is 1.35 bits per heavy atom. The van der Waals surface area contributed by atoms with E-state index < -0.39 is 0 Å². The molecule has 1 heterocycles. The Balaban J connectivity index is 2.02. The fraction of sp³-hybridized carbons (Fsp3) is 0.438. The van der Waals surface area contributed by atoms with Gasteiger partial charge in [0.1, 0.15) is 12.4 Å². The zero-order valence-electron chi connectivity index (χ0n) is 12.6. The second kappa shape index (κ2) is 6.86. The van der Waals surface area contributed by atoms with Gasteiger partial charge in [-0.2, -0.15) is 0 Å². The predicted octanol–water partition coefficient (Wildman–Crippen LogP) is 4.01. The molecule has 3 nitrogen and oxygen atoms in total. The third-order valence-electron chi connectivity index (χ3n) is 3.25. The number of aryl methyl sites for hydroxylation is 2. The fourth-order valence-corrected chi connectivity index (χ4v) is 2.75. The van der Waals surface area contributed by atoms with Crippen LogP contribution < -0.4 is 10.1 Å². The molecule has 0 aliphatic carbocycles. The van der Waals surface area contributed by atoms with E-state index >= 15 is 0 Å². The van der Waals surface area contributed by atoms with E-state index in [2.05, 4.69) is 49.3 Å². The maximum absolute atomic E-state index is 5.85. The summed E-state index contributed by atoms with van der Waals surface area (Å²) in [4.78, 5) is 4.41. The highest BCUT2D eigenvalue weighted by atomic mass is 32.1. The normalized spacial score (nSPS) is 12.4. The summed E-state index contributed by atoms with van der Waals surface area (Å²) in [5.41, 5.74) is 3.46. The van der Waals surface area contributed by atoms with Crippen molar-refractivity contribution in [2.24, 2.45) is 0 Å². The van der Waals surface area contributed by atoms with Crippen molar-refractivity contribution in [3.8, 4) is 5.75 Å². The van der Waals surface area contributed by atoms with Gasteiger partial charge in [-0.15, -0.1) is 11.3 Å². The molecule has 108 valence electrons. The van der Waals surface area contributed by atoms with Gasteiger partial charge in [-0.05, 0) is 44.5 Å². The lowest BCUT2D eigenvalue weighted by atomic mass is 10.1. The Morgan fingerprint density at radius 3 is 2.75 bits per heavy atom. The molecule has 1 N–H and O–H groups in total. The van der Waals surface area contributed by atoms with Gasteiger partial charge >= 0.3 is 0 Å². The molecular weight excluding hydrogens is 268 g/mol. The molecule has 0 radical (unpaired) electrons. The summed E-state index contributed by atoms with van der Waals surface area (Å²) >= 11 is 1.66. The van der Waals surface area contributed by atoms with E-state index in [0.717, 1.165) is 23.0 Å². The van der Waals surface area contributed by atoms with Crippen LogP contribution in [0.4, 0.5) is 0 Å². The first-order valence-corrected chi connectivity index (χ1v) is 7.86. The molecule has 2 aromatic rings. The molecular formula is C16H22N2OS. The van der Waals surface area contributed by atoms with Crippen LogP contribution >= 0.6 is 11.3 Å². The van der Waals surface area contributed by atoms with Gasteiger partial charge in [-0.25, -0.2) is 4.98 Å². The first-order valence-electron chi connectivity index (χ1n) is 6.98. The van der Waals surface area contributed by atoms with E-state index in [1.807, 2.05) is 12.3 Å². The first kappa shape index (κ1) is 15.0. The molecule has 4 heteroatoms. The van der Waals surface area contributed by atoms with Gasteiger partial charge in [0.15, 0.2) is 0 Å². The van der Waals surface area contributed by atoms with Crippen molar-refractivity contribution in [2.75, 3.05) is 6.54 Å². The molecule has 1 unspecified atom stereocenters. The number of nitrogens with zero attached hydrogens (tertiary/aromatic N) is 1. The van der Waals surface area contributed by atoms with Crippen LogP contribution in [0, 0.1) is 13.8 Å². The number of nitrogens with one attached hydrogen (secondary N) is 1. The van der Waals surface area contributed by atoms with Crippen molar-refractivity contribution in [3.63, 3.8) is 0 Å². The largest absolute Gasteiger partial charge is 0.487 e. The van der Waals surface area contributed by atoms with Crippen molar-refractivity contribution in [1.82, 2.24) is 10.3 Å². The summed E-state index contributed by atoms with van der Waals surface area (Å²) in [6, 6.07) is 6.74. The highest BCUT2D eigenvalue weighted by molar-refractivity contribution is 7.09. The van der Waals surface area contributed by atoms with Gasteiger partial charge in [0.25, 0.3) is 0 Å². The van der Waals surface area contributed by atoms with Gasteiger partial charge in [-0.3, -0.25) is 0 Å². The summed E-state index contributed by atoms with van der Waals surface area (Å²) < 4.78 is 5.85. The second-order valence-corrected chi connectivity index (χ2v) is 6.01. The van der Waals surface area contributed by atoms with E-state index in [4.69, 9.17) is 4.74 Å². The Kier molecular flexibility index (Phi) is 5.15. The topological polar surface area (TPSA) is 34.1 Å². The van der Waals surface area contributed by atoms with E-state index in [0.29, 0.717) is 12.6 Å². The average Bonchev–Trinajstić information content (AvgIpc) is 2.83. The molecule has 2 rings (SSSR count). The molecule has 0 aliphatic heterocycles. The first-order chi connectivity index (χ1) is 9.60. The molecule has 0 saturated carbocycles. The standard InChI is InChI=1S/C16H22N2OS/c1-5-17-12(3)14-6-7-16(11(2)8-14)19-9-15-10-20-13(4)18-15/h6-8,10,12,17H,5,9H2,1-4H3. The third-order valence-corrected chi connectivity index (χ3v) is 4.07. The number of thiazole rings is 1. The molecule has 0 spiro atoms. The Hall–Kier alpha value is -1.39. The van der Waals surface area contributed by atoms with Crippen LogP contribution in [-0.4, -0.2) is 11.5 Å². The lowest BCUT2D eigenvalue weighted by molar-refractivity contribution is 0.299. The smallest absolute Gasteiger partial charge is 0.131 e. The Bertz CT molecular complexity index is 565. The summed E-state index contributed by atoms with van der Waals surface area (Å²) in [7, 11) is 0. The number of benzene rings is 1. The third kappa shape index (κ3) is 3.81. The maximum atomic E-state index is 5.85. The van der Waals surface area contributed by atoms with Crippen molar-refractivity contribution in [3.05, 3.63) is 45.4 Å². The molecule has 1 aromatic heterocycles. The van der Waals surface area contributed by atoms with Crippen molar-refractivity contribution < 1.29 is 4.74 Å².